The van der Waals surface area contributed by atoms with E-state index < -0.39 is 6.03 Å². The van der Waals surface area contributed by atoms with Gasteiger partial charge in [-0.2, -0.15) is 0 Å². The van der Waals surface area contributed by atoms with E-state index >= 15 is 0 Å². The van der Waals surface area contributed by atoms with E-state index in [9.17, 15) is 4.79 Å². The van der Waals surface area contributed by atoms with Crippen LogP contribution in [0.1, 0.15) is 0 Å². The van der Waals surface area contributed by atoms with Gasteiger partial charge in [-0.25, -0.2) is 4.79 Å². The minimum absolute atomic E-state index is 0.300. The highest BCUT2D eigenvalue weighted by Crippen LogP contribution is 2.25. The van der Waals surface area contributed by atoms with Gasteiger partial charge in [0.05, 0.1) is 5.69 Å². The molecule has 0 atom stereocenters. The zero-order valence-corrected chi connectivity index (χ0v) is 12.2. The number of primary amides is 1. The van der Waals surface area contributed by atoms with Crippen molar-refractivity contribution in [3.63, 3.8) is 0 Å². The predicted molar refractivity (Wildman–Crippen MR) is 85.0 cm³/mol. The van der Waals surface area contributed by atoms with Gasteiger partial charge >= 0.3 is 6.03 Å². The molecule has 22 heavy (non-hydrogen) atoms. The van der Waals surface area contributed by atoms with Crippen LogP contribution < -0.4 is 11.1 Å². The molecule has 0 aliphatic carbocycles. The normalized spacial score (nSPS) is 10.4. The molecule has 0 fully saturated rings. The van der Waals surface area contributed by atoms with Crippen LogP contribution in [0, 0.1) is 0 Å². The van der Waals surface area contributed by atoms with Crippen molar-refractivity contribution in [2.75, 3.05) is 5.32 Å². The van der Waals surface area contributed by atoms with E-state index in [1.807, 2.05) is 30.3 Å². The highest BCUT2D eigenvalue weighted by Gasteiger charge is 2.15. The topological polar surface area (TPSA) is 85.8 Å². The molecular weight excluding hydrogens is 302 g/mol. The molecule has 110 valence electrons. The van der Waals surface area contributed by atoms with Crippen molar-refractivity contribution in [1.82, 2.24) is 15.0 Å². The Hall–Kier alpha value is -2.86. The van der Waals surface area contributed by atoms with Crippen LogP contribution in [0.25, 0.3) is 16.9 Å². The van der Waals surface area contributed by atoms with Gasteiger partial charge in [0.2, 0.25) is 0 Å². The molecule has 3 N–H and O–H groups in total. The van der Waals surface area contributed by atoms with Crippen molar-refractivity contribution in [3.8, 4) is 16.9 Å². The summed E-state index contributed by atoms with van der Waals surface area (Å²) in [4.78, 5) is 12.6. The molecule has 7 heteroatoms. The summed E-state index contributed by atoms with van der Waals surface area (Å²) in [5.74, 6) is 0.300. The van der Waals surface area contributed by atoms with E-state index in [1.54, 1.807) is 24.3 Å². The SMILES string of the molecule is NC(=O)Nc1nn(-c2ccc(Cl)cc2)nc1-c1ccccc1. The summed E-state index contributed by atoms with van der Waals surface area (Å²) in [5, 5.41) is 11.8. The Balaban J connectivity index is 2.08. The van der Waals surface area contributed by atoms with Crippen LogP contribution in [0.3, 0.4) is 0 Å². The van der Waals surface area contributed by atoms with Gasteiger partial charge in [0.15, 0.2) is 5.82 Å². The molecule has 1 heterocycles. The maximum Gasteiger partial charge on any atom is 0.317 e. The number of carbonyl (C=O) groups excluding carboxylic acids is 1. The highest BCUT2D eigenvalue weighted by molar-refractivity contribution is 6.30. The number of carbonyl (C=O) groups is 1. The lowest BCUT2D eigenvalue weighted by atomic mass is 10.1. The molecular formula is C15H12ClN5O. The van der Waals surface area contributed by atoms with E-state index in [1.165, 1.54) is 4.80 Å². The average molecular weight is 314 g/mol. The second kappa shape index (κ2) is 5.87. The second-order valence-electron chi connectivity index (χ2n) is 4.52. The van der Waals surface area contributed by atoms with Crippen LogP contribution in [0.4, 0.5) is 10.6 Å². The standard InChI is InChI=1S/C15H12ClN5O/c16-11-6-8-12(9-7-11)21-19-13(10-4-2-1-3-5-10)14(20-21)18-15(17)22/h1-9H,(H3,17,18,20,22). The van der Waals surface area contributed by atoms with Gasteiger partial charge in [-0.15, -0.1) is 15.0 Å². The van der Waals surface area contributed by atoms with Gasteiger partial charge in [-0.05, 0) is 24.3 Å². The molecule has 0 bridgehead atoms. The molecule has 2 aromatic carbocycles. The van der Waals surface area contributed by atoms with Gasteiger partial charge < -0.3 is 5.73 Å². The largest absolute Gasteiger partial charge is 0.351 e. The van der Waals surface area contributed by atoms with Crippen molar-refractivity contribution in [2.24, 2.45) is 5.73 Å². The molecule has 2 amide bonds. The summed E-state index contributed by atoms with van der Waals surface area (Å²) < 4.78 is 0. The van der Waals surface area contributed by atoms with Crippen LogP contribution in [-0.2, 0) is 0 Å². The first kappa shape index (κ1) is 14.1. The van der Waals surface area contributed by atoms with Crippen LogP contribution in [0.2, 0.25) is 5.02 Å². The van der Waals surface area contributed by atoms with E-state index in [-0.39, 0.29) is 0 Å². The summed E-state index contributed by atoms with van der Waals surface area (Å²) >= 11 is 5.88. The fourth-order valence-electron chi connectivity index (χ4n) is 1.99. The van der Waals surface area contributed by atoms with Gasteiger partial charge in [-0.1, -0.05) is 41.9 Å². The summed E-state index contributed by atoms with van der Waals surface area (Å²) in [5.41, 5.74) is 7.28. The highest BCUT2D eigenvalue weighted by atomic mass is 35.5. The number of benzene rings is 2. The van der Waals surface area contributed by atoms with Crippen molar-refractivity contribution < 1.29 is 4.79 Å². The lowest BCUT2D eigenvalue weighted by Crippen LogP contribution is -2.20. The molecule has 0 aliphatic heterocycles. The van der Waals surface area contributed by atoms with Crippen molar-refractivity contribution in [3.05, 3.63) is 59.6 Å². The van der Waals surface area contributed by atoms with E-state index in [0.717, 1.165) is 11.3 Å². The summed E-state index contributed by atoms with van der Waals surface area (Å²) in [6.07, 6.45) is 0. The molecule has 0 spiro atoms. The van der Waals surface area contributed by atoms with Crippen LogP contribution in [-0.4, -0.2) is 21.0 Å². The first-order valence-corrected chi connectivity index (χ1v) is 6.86. The number of hydrogen-bond acceptors (Lipinski definition) is 3. The third-order valence-electron chi connectivity index (χ3n) is 2.96. The lowest BCUT2D eigenvalue weighted by Gasteiger charge is -1.99. The molecule has 0 unspecified atom stereocenters. The monoisotopic (exact) mass is 313 g/mol. The number of hydrogen-bond donors (Lipinski definition) is 2. The second-order valence-corrected chi connectivity index (χ2v) is 4.95. The minimum atomic E-state index is -0.694. The molecule has 0 aliphatic rings. The third kappa shape index (κ3) is 2.91. The summed E-state index contributed by atoms with van der Waals surface area (Å²) in [6, 6.07) is 15.8. The maximum absolute atomic E-state index is 11.2. The average Bonchev–Trinajstić information content (AvgIpc) is 2.92. The van der Waals surface area contributed by atoms with Crippen LogP contribution in [0.5, 0.6) is 0 Å². The number of nitrogens with one attached hydrogen (secondary N) is 1. The van der Waals surface area contributed by atoms with Gasteiger partial charge in [-0.3, -0.25) is 5.32 Å². The van der Waals surface area contributed by atoms with E-state index in [0.29, 0.717) is 16.5 Å². The molecule has 0 saturated heterocycles. The number of urea groups is 1. The molecule has 6 nitrogen and oxygen atoms in total. The van der Waals surface area contributed by atoms with Crippen molar-refractivity contribution >= 4 is 23.4 Å². The van der Waals surface area contributed by atoms with Gasteiger partial charge in [0, 0.05) is 10.6 Å². The molecule has 0 radical (unpaired) electrons. The van der Waals surface area contributed by atoms with Gasteiger partial charge in [0.25, 0.3) is 0 Å². The van der Waals surface area contributed by atoms with Gasteiger partial charge in [0.1, 0.15) is 5.69 Å². The summed E-state index contributed by atoms with van der Waals surface area (Å²) in [7, 11) is 0. The van der Waals surface area contributed by atoms with E-state index in [2.05, 4.69) is 15.5 Å². The Bertz CT molecular complexity index is 799. The minimum Gasteiger partial charge on any atom is -0.351 e. The Labute approximate surface area is 131 Å². The first-order chi connectivity index (χ1) is 10.6. The fourth-order valence-corrected chi connectivity index (χ4v) is 2.11. The van der Waals surface area contributed by atoms with Crippen LogP contribution in [0.15, 0.2) is 54.6 Å². The molecule has 1 aromatic heterocycles. The smallest absolute Gasteiger partial charge is 0.317 e. The fraction of sp³-hybridized carbons (Fsp3) is 0. The molecule has 3 aromatic rings. The number of rotatable bonds is 3. The maximum atomic E-state index is 11.2. The number of nitrogens with two attached hydrogens (primary N) is 1. The quantitative estimate of drug-likeness (QED) is 0.779. The third-order valence-corrected chi connectivity index (χ3v) is 3.21. The van der Waals surface area contributed by atoms with Crippen LogP contribution >= 0.6 is 11.6 Å². The van der Waals surface area contributed by atoms with Crippen molar-refractivity contribution in [2.45, 2.75) is 0 Å². The zero-order chi connectivity index (χ0) is 15.5. The molecule has 0 saturated carbocycles. The number of halogens is 1. The van der Waals surface area contributed by atoms with Crippen molar-refractivity contribution in [1.29, 1.82) is 0 Å². The Kier molecular flexibility index (Phi) is 3.76. The Morgan fingerprint density at radius 3 is 2.36 bits per heavy atom. The lowest BCUT2D eigenvalue weighted by molar-refractivity contribution is 0.259. The first-order valence-electron chi connectivity index (χ1n) is 6.48. The number of aromatic nitrogens is 3. The molecule has 3 rings (SSSR count). The number of anilines is 1. The zero-order valence-electron chi connectivity index (χ0n) is 11.4. The number of nitrogens with zero attached hydrogens (tertiary/aromatic N) is 3. The Morgan fingerprint density at radius 1 is 1.05 bits per heavy atom. The van der Waals surface area contributed by atoms with E-state index in [4.69, 9.17) is 17.3 Å². The Morgan fingerprint density at radius 2 is 1.73 bits per heavy atom. The number of amides is 2. The summed E-state index contributed by atoms with van der Waals surface area (Å²) in [6.45, 7) is 0. The predicted octanol–water partition coefficient (Wildman–Crippen LogP) is 3.08.